The average molecular weight is 328 g/mol. The second-order valence-corrected chi connectivity index (χ2v) is 7.38. The monoisotopic (exact) mass is 328 g/mol. The Bertz CT molecular complexity index is 706. The SMILES string of the molecule is CCOC(=O)c1ccc(N/N=C2\C(=O)[C@]3(C)CC[C@H]2C3(C)C)cc1. The van der Waals surface area contributed by atoms with Crippen LogP contribution in [0, 0.1) is 16.7 Å². The Morgan fingerprint density at radius 2 is 1.96 bits per heavy atom. The molecule has 0 aliphatic heterocycles. The molecule has 0 spiro atoms. The number of rotatable bonds is 4. The lowest BCUT2D eigenvalue weighted by molar-refractivity contribution is -0.123. The molecule has 5 heteroatoms. The lowest BCUT2D eigenvalue weighted by Gasteiger charge is -2.31. The molecule has 128 valence electrons. The molecule has 0 amide bonds. The van der Waals surface area contributed by atoms with Crippen molar-refractivity contribution in [3.05, 3.63) is 29.8 Å². The van der Waals surface area contributed by atoms with Gasteiger partial charge in [-0.15, -0.1) is 0 Å². The quantitative estimate of drug-likeness (QED) is 0.676. The molecule has 2 aliphatic carbocycles. The van der Waals surface area contributed by atoms with Crippen molar-refractivity contribution in [2.24, 2.45) is 21.8 Å². The molecule has 0 unspecified atom stereocenters. The summed E-state index contributed by atoms with van der Waals surface area (Å²) in [5, 5.41) is 4.41. The van der Waals surface area contributed by atoms with Gasteiger partial charge in [0.05, 0.1) is 17.9 Å². The topological polar surface area (TPSA) is 67.8 Å². The predicted octanol–water partition coefficient (Wildman–Crippen LogP) is 3.66. The molecule has 1 aromatic rings. The predicted molar refractivity (Wildman–Crippen MR) is 93.1 cm³/mol. The molecule has 0 heterocycles. The molecule has 2 aliphatic rings. The summed E-state index contributed by atoms with van der Waals surface area (Å²) < 4.78 is 4.96. The van der Waals surface area contributed by atoms with E-state index < -0.39 is 0 Å². The van der Waals surface area contributed by atoms with E-state index >= 15 is 0 Å². The van der Waals surface area contributed by atoms with Crippen LogP contribution >= 0.6 is 0 Å². The van der Waals surface area contributed by atoms with Gasteiger partial charge in [-0.1, -0.05) is 20.8 Å². The highest BCUT2D eigenvalue weighted by molar-refractivity contribution is 6.45. The Labute approximate surface area is 142 Å². The smallest absolute Gasteiger partial charge is 0.338 e. The summed E-state index contributed by atoms with van der Waals surface area (Å²) in [5.74, 6) is 0.0361. The number of fused-ring (bicyclic) bond motifs is 2. The summed E-state index contributed by atoms with van der Waals surface area (Å²) in [6.07, 6.45) is 1.95. The fourth-order valence-corrected chi connectivity index (χ4v) is 3.97. The zero-order chi connectivity index (χ0) is 17.5. The lowest BCUT2D eigenvalue weighted by Crippen LogP contribution is -2.33. The number of ether oxygens (including phenoxy) is 1. The van der Waals surface area contributed by atoms with Gasteiger partial charge in [0.1, 0.15) is 5.71 Å². The highest BCUT2D eigenvalue weighted by Gasteiger charge is 2.65. The van der Waals surface area contributed by atoms with Gasteiger partial charge in [0.2, 0.25) is 0 Å². The fraction of sp³-hybridized carbons (Fsp3) is 0.526. The molecule has 2 saturated carbocycles. The van der Waals surface area contributed by atoms with E-state index in [1.54, 1.807) is 31.2 Å². The zero-order valence-corrected chi connectivity index (χ0v) is 14.7. The first kappa shape index (κ1) is 16.7. The lowest BCUT2D eigenvalue weighted by atomic mass is 9.70. The summed E-state index contributed by atoms with van der Waals surface area (Å²) in [6, 6.07) is 6.91. The molecule has 2 fully saturated rings. The number of nitrogens with one attached hydrogen (secondary N) is 1. The van der Waals surface area contributed by atoms with Crippen LogP contribution in [-0.2, 0) is 9.53 Å². The first-order valence-electron chi connectivity index (χ1n) is 8.47. The van der Waals surface area contributed by atoms with E-state index in [0.717, 1.165) is 18.5 Å². The maximum absolute atomic E-state index is 12.7. The highest BCUT2D eigenvalue weighted by Crippen LogP contribution is 2.62. The van der Waals surface area contributed by atoms with E-state index in [-0.39, 0.29) is 28.5 Å². The number of hydrogen-bond donors (Lipinski definition) is 1. The van der Waals surface area contributed by atoms with Gasteiger partial charge in [0.15, 0.2) is 5.78 Å². The highest BCUT2D eigenvalue weighted by atomic mass is 16.5. The van der Waals surface area contributed by atoms with Crippen LogP contribution < -0.4 is 5.43 Å². The van der Waals surface area contributed by atoms with Gasteiger partial charge in [-0.3, -0.25) is 10.2 Å². The van der Waals surface area contributed by atoms with Crippen molar-refractivity contribution < 1.29 is 14.3 Å². The largest absolute Gasteiger partial charge is 0.462 e. The van der Waals surface area contributed by atoms with Gasteiger partial charge in [-0.05, 0) is 49.4 Å². The van der Waals surface area contributed by atoms with Crippen LogP contribution in [0.25, 0.3) is 0 Å². The van der Waals surface area contributed by atoms with Crippen LogP contribution in [0.5, 0.6) is 0 Å². The Kier molecular flexibility index (Phi) is 3.98. The molecule has 2 atom stereocenters. The summed E-state index contributed by atoms with van der Waals surface area (Å²) in [4.78, 5) is 24.4. The van der Waals surface area contributed by atoms with Gasteiger partial charge in [0.25, 0.3) is 0 Å². The van der Waals surface area contributed by atoms with E-state index in [0.29, 0.717) is 17.9 Å². The maximum atomic E-state index is 12.7. The molecule has 0 aromatic heterocycles. The second kappa shape index (κ2) is 5.72. The van der Waals surface area contributed by atoms with Gasteiger partial charge in [-0.25, -0.2) is 4.79 Å². The van der Waals surface area contributed by atoms with E-state index in [1.165, 1.54) is 0 Å². The maximum Gasteiger partial charge on any atom is 0.338 e. The number of benzene rings is 1. The average Bonchev–Trinajstić information content (AvgIpc) is 2.86. The van der Waals surface area contributed by atoms with Crippen molar-refractivity contribution in [3.63, 3.8) is 0 Å². The van der Waals surface area contributed by atoms with Crippen molar-refractivity contribution in [3.8, 4) is 0 Å². The molecule has 2 bridgehead atoms. The van der Waals surface area contributed by atoms with Gasteiger partial charge >= 0.3 is 5.97 Å². The van der Waals surface area contributed by atoms with Crippen LogP contribution in [0.15, 0.2) is 29.4 Å². The van der Waals surface area contributed by atoms with Crippen LogP contribution in [0.2, 0.25) is 0 Å². The molecule has 3 rings (SSSR count). The fourth-order valence-electron chi connectivity index (χ4n) is 3.97. The van der Waals surface area contributed by atoms with Crippen LogP contribution in [-0.4, -0.2) is 24.1 Å². The first-order chi connectivity index (χ1) is 11.3. The van der Waals surface area contributed by atoms with Crippen molar-refractivity contribution in [2.75, 3.05) is 12.0 Å². The molecule has 0 saturated heterocycles. The number of ketones is 1. The molecule has 0 radical (unpaired) electrons. The van der Waals surface area contributed by atoms with E-state index in [1.807, 2.05) is 0 Å². The zero-order valence-electron chi connectivity index (χ0n) is 14.7. The molecular weight excluding hydrogens is 304 g/mol. The number of hydrazone groups is 1. The summed E-state index contributed by atoms with van der Waals surface area (Å²) in [6.45, 7) is 8.52. The molecule has 5 nitrogen and oxygen atoms in total. The minimum absolute atomic E-state index is 0.0433. The van der Waals surface area contributed by atoms with E-state index in [4.69, 9.17) is 4.74 Å². The van der Waals surface area contributed by atoms with E-state index in [9.17, 15) is 9.59 Å². The Balaban J connectivity index is 1.75. The molecule has 1 N–H and O–H groups in total. The number of nitrogens with zero attached hydrogens (tertiary/aromatic N) is 1. The Morgan fingerprint density at radius 3 is 2.50 bits per heavy atom. The van der Waals surface area contributed by atoms with Crippen LogP contribution in [0.1, 0.15) is 50.9 Å². The van der Waals surface area contributed by atoms with Crippen molar-refractivity contribution in [2.45, 2.75) is 40.5 Å². The standard InChI is InChI=1S/C19H24N2O3/c1-5-24-17(23)12-6-8-13(9-7-12)20-21-15-14-10-11-19(4,16(15)22)18(14,2)3/h6-9,14,20H,5,10-11H2,1-4H3/b21-15-/t14-,19+/m1/s1. The summed E-state index contributed by atoms with van der Waals surface area (Å²) >= 11 is 0. The molecular formula is C19H24N2O3. The van der Waals surface area contributed by atoms with Crippen molar-refractivity contribution in [1.29, 1.82) is 0 Å². The van der Waals surface area contributed by atoms with Gasteiger partial charge in [-0.2, -0.15) is 5.10 Å². The molecule has 24 heavy (non-hydrogen) atoms. The third kappa shape index (κ3) is 2.34. The first-order valence-corrected chi connectivity index (χ1v) is 8.47. The third-order valence-electron chi connectivity index (χ3n) is 5.99. The Morgan fingerprint density at radius 1 is 1.29 bits per heavy atom. The number of carbonyl (C=O) groups is 2. The summed E-state index contributed by atoms with van der Waals surface area (Å²) in [5.41, 5.74) is 4.53. The second-order valence-electron chi connectivity index (χ2n) is 7.38. The number of hydrogen-bond acceptors (Lipinski definition) is 5. The van der Waals surface area contributed by atoms with Crippen molar-refractivity contribution in [1.82, 2.24) is 0 Å². The minimum Gasteiger partial charge on any atom is -0.462 e. The van der Waals surface area contributed by atoms with E-state index in [2.05, 4.69) is 31.3 Å². The summed E-state index contributed by atoms with van der Waals surface area (Å²) in [7, 11) is 0. The van der Waals surface area contributed by atoms with Crippen LogP contribution in [0.3, 0.4) is 0 Å². The number of anilines is 1. The molecule has 1 aromatic carbocycles. The minimum atomic E-state index is -0.340. The van der Waals surface area contributed by atoms with Gasteiger partial charge in [0, 0.05) is 11.3 Å². The van der Waals surface area contributed by atoms with Crippen molar-refractivity contribution >= 4 is 23.2 Å². The van der Waals surface area contributed by atoms with Gasteiger partial charge < -0.3 is 4.74 Å². The third-order valence-corrected chi connectivity index (χ3v) is 5.99. The number of Topliss-reactive ketones (excluding diaryl/α,β-unsaturated/α-hetero) is 1. The normalized spacial score (nSPS) is 29.1. The number of esters is 1. The Hall–Kier alpha value is -2.17. The van der Waals surface area contributed by atoms with Crippen LogP contribution in [0.4, 0.5) is 5.69 Å². The number of carbonyl (C=O) groups excluding carboxylic acids is 2.